The zero-order valence-corrected chi connectivity index (χ0v) is 15.5. The fourth-order valence-electron chi connectivity index (χ4n) is 2.32. The number of nitrogens with zero attached hydrogens (tertiary/aromatic N) is 1. The van der Waals surface area contributed by atoms with Gasteiger partial charge in [0, 0.05) is 5.56 Å². The summed E-state index contributed by atoms with van der Waals surface area (Å²) < 4.78 is 16.0. The summed E-state index contributed by atoms with van der Waals surface area (Å²) in [5.74, 6) is 1.89. The molecule has 6 heteroatoms. The van der Waals surface area contributed by atoms with Crippen LogP contribution in [0, 0.1) is 0 Å². The predicted octanol–water partition coefficient (Wildman–Crippen LogP) is 3.36. The molecule has 26 heavy (non-hydrogen) atoms. The summed E-state index contributed by atoms with van der Waals surface area (Å²) in [5, 5.41) is 3.94. The summed E-state index contributed by atoms with van der Waals surface area (Å²) in [4.78, 5) is 11.9. The number of hydrogen-bond donors (Lipinski definition) is 1. The molecule has 2 aromatic carbocycles. The fourth-order valence-corrected chi connectivity index (χ4v) is 2.32. The van der Waals surface area contributed by atoms with Crippen molar-refractivity contribution in [2.45, 2.75) is 19.8 Å². The Hall–Kier alpha value is -3.02. The van der Waals surface area contributed by atoms with Gasteiger partial charge in [0.25, 0.3) is 5.91 Å². The lowest BCUT2D eigenvalue weighted by atomic mass is 10.0. The number of ether oxygens (including phenoxy) is 3. The Balaban J connectivity index is 1.88. The van der Waals surface area contributed by atoms with Gasteiger partial charge >= 0.3 is 0 Å². The number of carbonyl (C=O) groups is 1. The molecule has 2 rings (SSSR count). The normalized spacial score (nSPS) is 10.8. The predicted molar refractivity (Wildman–Crippen MR) is 101 cm³/mol. The lowest BCUT2D eigenvalue weighted by molar-refractivity contribution is -0.123. The number of para-hydroxylation sites is 1. The van der Waals surface area contributed by atoms with Crippen molar-refractivity contribution in [3.05, 3.63) is 53.6 Å². The Morgan fingerprint density at radius 3 is 2.46 bits per heavy atom. The Kier molecular flexibility index (Phi) is 7.02. The zero-order valence-electron chi connectivity index (χ0n) is 15.5. The minimum atomic E-state index is -0.351. The van der Waals surface area contributed by atoms with Crippen LogP contribution in [0.4, 0.5) is 0 Å². The van der Waals surface area contributed by atoms with Gasteiger partial charge < -0.3 is 14.2 Å². The van der Waals surface area contributed by atoms with Crippen LogP contribution >= 0.6 is 0 Å². The molecule has 0 aliphatic heterocycles. The minimum Gasteiger partial charge on any atom is -0.493 e. The SMILES string of the molecule is COc1cccc(/C=N\NC(=O)COc2ccc(C(C)C)cc2)c1OC. The van der Waals surface area contributed by atoms with Crippen molar-refractivity contribution in [3.8, 4) is 17.2 Å². The third kappa shape index (κ3) is 5.24. The Morgan fingerprint density at radius 1 is 1.12 bits per heavy atom. The molecular weight excluding hydrogens is 332 g/mol. The lowest BCUT2D eigenvalue weighted by Gasteiger charge is -2.09. The highest BCUT2D eigenvalue weighted by atomic mass is 16.5. The van der Waals surface area contributed by atoms with E-state index in [0.717, 1.165) is 0 Å². The van der Waals surface area contributed by atoms with Gasteiger partial charge in [0.2, 0.25) is 0 Å². The highest BCUT2D eigenvalue weighted by Gasteiger charge is 2.08. The molecule has 0 spiro atoms. The molecule has 0 bridgehead atoms. The van der Waals surface area contributed by atoms with Crippen molar-refractivity contribution in [1.29, 1.82) is 0 Å². The molecule has 0 heterocycles. The van der Waals surface area contributed by atoms with Crippen LogP contribution < -0.4 is 19.6 Å². The van der Waals surface area contributed by atoms with Gasteiger partial charge in [-0.25, -0.2) is 5.43 Å². The van der Waals surface area contributed by atoms with Crippen LogP contribution in [0.2, 0.25) is 0 Å². The molecule has 0 aromatic heterocycles. The molecule has 2 aromatic rings. The topological polar surface area (TPSA) is 69.2 Å². The first-order chi connectivity index (χ1) is 12.5. The first-order valence-electron chi connectivity index (χ1n) is 8.30. The molecule has 0 saturated heterocycles. The van der Waals surface area contributed by atoms with Crippen LogP contribution in [0.3, 0.4) is 0 Å². The summed E-state index contributed by atoms with van der Waals surface area (Å²) in [6, 6.07) is 13.1. The minimum absolute atomic E-state index is 0.117. The van der Waals surface area contributed by atoms with Crippen LogP contribution in [0.25, 0.3) is 0 Å². The van der Waals surface area contributed by atoms with E-state index in [1.807, 2.05) is 36.4 Å². The van der Waals surface area contributed by atoms with Gasteiger partial charge in [-0.1, -0.05) is 32.0 Å². The van der Waals surface area contributed by atoms with Crippen molar-refractivity contribution < 1.29 is 19.0 Å². The van der Waals surface area contributed by atoms with Gasteiger partial charge in [0.1, 0.15) is 5.75 Å². The maximum Gasteiger partial charge on any atom is 0.277 e. The van der Waals surface area contributed by atoms with Crippen molar-refractivity contribution in [3.63, 3.8) is 0 Å². The second-order valence-corrected chi connectivity index (χ2v) is 5.89. The average Bonchev–Trinajstić information content (AvgIpc) is 2.66. The molecule has 1 amide bonds. The number of hydrazone groups is 1. The van der Waals surface area contributed by atoms with Crippen molar-refractivity contribution in [2.75, 3.05) is 20.8 Å². The summed E-state index contributed by atoms with van der Waals surface area (Å²) in [6.45, 7) is 4.13. The van der Waals surface area contributed by atoms with Gasteiger partial charge in [-0.05, 0) is 35.7 Å². The molecule has 0 aliphatic rings. The van der Waals surface area contributed by atoms with Gasteiger partial charge in [-0.2, -0.15) is 5.10 Å². The van der Waals surface area contributed by atoms with Crippen LogP contribution in [-0.2, 0) is 4.79 Å². The number of carbonyl (C=O) groups excluding carboxylic acids is 1. The third-order valence-electron chi connectivity index (χ3n) is 3.74. The van der Waals surface area contributed by atoms with Gasteiger partial charge in [-0.15, -0.1) is 0 Å². The van der Waals surface area contributed by atoms with E-state index in [0.29, 0.717) is 28.7 Å². The Morgan fingerprint density at radius 2 is 1.85 bits per heavy atom. The van der Waals surface area contributed by atoms with E-state index in [1.165, 1.54) is 11.8 Å². The molecule has 0 saturated carbocycles. The molecule has 1 N–H and O–H groups in total. The summed E-state index contributed by atoms with van der Waals surface area (Å²) in [6.07, 6.45) is 1.50. The monoisotopic (exact) mass is 356 g/mol. The Labute approximate surface area is 153 Å². The lowest BCUT2D eigenvalue weighted by Crippen LogP contribution is -2.24. The fraction of sp³-hybridized carbons (Fsp3) is 0.300. The Bertz CT molecular complexity index is 755. The van der Waals surface area contributed by atoms with E-state index in [4.69, 9.17) is 14.2 Å². The molecule has 0 radical (unpaired) electrons. The number of benzene rings is 2. The summed E-state index contributed by atoms with van der Waals surface area (Å²) in [7, 11) is 3.11. The van der Waals surface area contributed by atoms with Crippen molar-refractivity contribution in [2.24, 2.45) is 5.10 Å². The van der Waals surface area contributed by atoms with Gasteiger partial charge in [0.15, 0.2) is 18.1 Å². The van der Waals surface area contributed by atoms with E-state index in [9.17, 15) is 4.79 Å². The van der Waals surface area contributed by atoms with E-state index in [-0.39, 0.29) is 12.5 Å². The maximum atomic E-state index is 11.9. The quantitative estimate of drug-likeness (QED) is 0.582. The first kappa shape index (κ1) is 19.3. The second kappa shape index (κ2) is 9.46. The van der Waals surface area contributed by atoms with Crippen LogP contribution in [0.5, 0.6) is 17.2 Å². The number of nitrogens with one attached hydrogen (secondary N) is 1. The first-order valence-corrected chi connectivity index (χ1v) is 8.30. The van der Waals surface area contributed by atoms with E-state index >= 15 is 0 Å². The molecular formula is C20H24N2O4. The number of methoxy groups -OCH3 is 2. The third-order valence-corrected chi connectivity index (χ3v) is 3.74. The number of hydrogen-bond acceptors (Lipinski definition) is 5. The van der Waals surface area contributed by atoms with Crippen molar-refractivity contribution >= 4 is 12.1 Å². The second-order valence-electron chi connectivity index (χ2n) is 5.89. The highest BCUT2D eigenvalue weighted by molar-refractivity contribution is 5.86. The maximum absolute atomic E-state index is 11.9. The molecule has 0 unspecified atom stereocenters. The van der Waals surface area contributed by atoms with Crippen LogP contribution in [0.15, 0.2) is 47.6 Å². The average molecular weight is 356 g/mol. The van der Waals surface area contributed by atoms with Gasteiger partial charge in [-0.3, -0.25) is 4.79 Å². The number of rotatable bonds is 8. The van der Waals surface area contributed by atoms with E-state index in [2.05, 4.69) is 24.4 Å². The largest absolute Gasteiger partial charge is 0.493 e. The van der Waals surface area contributed by atoms with E-state index in [1.54, 1.807) is 20.3 Å². The molecule has 138 valence electrons. The zero-order chi connectivity index (χ0) is 18.9. The van der Waals surface area contributed by atoms with Crippen LogP contribution in [0.1, 0.15) is 30.9 Å². The molecule has 0 aliphatic carbocycles. The highest BCUT2D eigenvalue weighted by Crippen LogP contribution is 2.29. The molecule has 0 atom stereocenters. The van der Waals surface area contributed by atoms with E-state index < -0.39 is 0 Å². The van der Waals surface area contributed by atoms with Crippen molar-refractivity contribution in [1.82, 2.24) is 5.43 Å². The molecule has 0 fully saturated rings. The van der Waals surface area contributed by atoms with Crippen LogP contribution in [-0.4, -0.2) is 32.9 Å². The molecule has 6 nitrogen and oxygen atoms in total. The summed E-state index contributed by atoms with van der Waals surface area (Å²) in [5.41, 5.74) is 4.34. The standard InChI is InChI=1S/C20H24N2O4/c1-14(2)15-8-10-17(11-9-15)26-13-19(23)22-21-12-16-6-5-7-18(24-3)20(16)25-4/h5-12,14H,13H2,1-4H3,(H,22,23)/b21-12-. The number of amides is 1. The summed E-state index contributed by atoms with van der Waals surface area (Å²) >= 11 is 0. The van der Waals surface area contributed by atoms with Gasteiger partial charge in [0.05, 0.1) is 20.4 Å². The smallest absolute Gasteiger partial charge is 0.277 e.